The first-order valence-corrected chi connectivity index (χ1v) is 7.56. The molecule has 0 spiro atoms. The minimum Gasteiger partial charge on any atom is -0.327 e. The van der Waals surface area contributed by atoms with Crippen LogP contribution in [0.2, 0.25) is 0 Å². The summed E-state index contributed by atoms with van der Waals surface area (Å²) in [6.07, 6.45) is 1.33. The van der Waals surface area contributed by atoms with Gasteiger partial charge < -0.3 is 11.1 Å². The van der Waals surface area contributed by atoms with Gasteiger partial charge in [0.05, 0.1) is 5.69 Å². The number of rotatable bonds is 5. The normalized spacial score (nSPS) is 12.2. The molecule has 1 unspecified atom stereocenters. The smallest absolute Gasteiger partial charge is 0.227 e. The summed E-state index contributed by atoms with van der Waals surface area (Å²) < 4.78 is 0. The number of carbonyl (C=O) groups excluding carboxylic acids is 1. The molecule has 0 aliphatic heterocycles. The second kappa shape index (κ2) is 6.63. The van der Waals surface area contributed by atoms with E-state index in [2.05, 4.69) is 41.5 Å². The van der Waals surface area contributed by atoms with E-state index in [1.807, 2.05) is 12.3 Å². The fourth-order valence-electron chi connectivity index (χ4n) is 1.84. The molecule has 2 aromatic rings. The molecular weight excluding hydrogens is 270 g/mol. The zero-order valence-corrected chi connectivity index (χ0v) is 12.5. The van der Waals surface area contributed by atoms with E-state index in [0.29, 0.717) is 11.6 Å². The van der Waals surface area contributed by atoms with Crippen LogP contribution in [0.1, 0.15) is 25.8 Å². The second-order valence-corrected chi connectivity index (χ2v) is 5.68. The Bertz CT molecular complexity index is 575. The molecule has 2 rings (SSSR count). The van der Waals surface area contributed by atoms with Crippen LogP contribution in [0.15, 0.2) is 29.6 Å². The molecule has 4 nitrogen and oxygen atoms in total. The summed E-state index contributed by atoms with van der Waals surface area (Å²) in [5.41, 5.74) is 8.84. The molecule has 1 atom stereocenters. The molecule has 106 valence electrons. The van der Waals surface area contributed by atoms with Crippen molar-refractivity contribution in [2.24, 2.45) is 5.73 Å². The Morgan fingerprint density at radius 2 is 2.10 bits per heavy atom. The average Bonchev–Trinajstić information content (AvgIpc) is 2.86. The van der Waals surface area contributed by atoms with Gasteiger partial charge in [-0.25, -0.2) is 4.98 Å². The minimum absolute atomic E-state index is 0.0952. The van der Waals surface area contributed by atoms with Crippen LogP contribution in [0.4, 0.5) is 5.13 Å². The molecule has 0 aliphatic rings. The third-order valence-corrected chi connectivity index (χ3v) is 3.67. The molecule has 0 bridgehead atoms. The Balaban J connectivity index is 2.06. The molecule has 5 heteroatoms. The van der Waals surface area contributed by atoms with Gasteiger partial charge in [0.15, 0.2) is 5.13 Å². The van der Waals surface area contributed by atoms with E-state index in [9.17, 15) is 4.79 Å². The number of amides is 1. The zero-order valence-electron chi connectivity index (χ0n) is 11.7. The molecule has 1 aromatic heterocycles. The first-order chi connectivity index (χ1) is 9.58. The third kappa shape index (κ3) is 3.88. The van der Waals surface area contributed by atoms with Crippen molar-refractivity contribution in [1.29, 1.82) is 0 Å². The standard InChI is InChI=1S/C15H19N3OS/c1-3-11-4-6-12(7-5-11)13-9-20-15(17-13)18-14(19)8-10(2)16/h4-7,9-10H,3,8,16H2,1-2H3,(H,17,18,19). The predicted octanol–water partition coefficient (Wildman–Crippen LogP) is 3.05. The summed E-state index contributed by atoms with van der Waals surface area (Å²) in [5.74, 6) is -0.0952. The number of nitrogens with two attached hydrogens (primary N) is 1. The summed E-state index contributed by atoms with van der Waals surface area (Å²) in [7, 11) is 0. The predicted molar refractivity (Wildman–Crippen MR) is 83.8 cm³/mol. The fraction of sp³-hybridized carbons (Fsp3) is 0.333. The summed E-state index contributed by atoms with van der Waals surface area (Å²) in [6, 6.07) is 8.17. The van der Waals surface area contributed by atoms with Crippen molar-refractivity contribution in [2.45, 2.75) is 32.7 Å². The maximum Gasteiger partial charge on any atom is 0.227 e. The van der Waals surface area contributed by atoms with Gasteiger partial charge in [-0.15, -0.1) is 11.3 Å². The number of aryl methyl sites for hydroxylation is 1. The molecule has 0 radical (unpaired) electrons. The van der Waals surface area contributed by atoms with Crippen molar-refractivity contribution < 1.29 is 4.79 Å². The van der Waals surface area contributed by atoms with Gasteiger partial charge >= 0.3 is 0 Å². The minimum atomic E-state index is -0.143. The van der Waals surface area contributed by atoms with E-state index in [-0.39, 0.29) is 11.9 Å². The molecule has 3 N–H and O–H groups in total. The molecule has 0 fully saturated rings. The lowest BCUT2D eigenvalue weighted by Crippen LogP contribution is -2.23. The molecule has 0 saturated carbocycles. The lowest BCUT2D eigenvalue weighted by atomic mass is 10.1. The number of benzene rings is 1. The Hall–Kier alpha value is -1.72. The summed E-state index contributed by atoms with van der Waals surface area (Å²) in [4.78, 5) is 16.1. The van der Waals surface area contributed by atoms with Crippen molar-refractivity contribution >= 4 is 22.4 Å². The first kappa shape index (κ1) is 14.7. The quantitative estimate of drug-likeness (QED) is 0.889. The van der Waals surface area contributed by atoms with Crippen LogP contribution < -0.4 is 11.1 Å². The lowest BCUT2D eigenvalue weighted by Gasteiger charge is -2.04. The maximum atomic E-state index is 11.6. The number of carbonyl (C=O) groups is 1. The number of thiazole rings is 1. The van der Waals surface area contributed by atoms with Gasteiger partial charge in [-0.3, -0.25) is 4.79 Å². The molecule has 0 aliphatic carbocycles. The van der Waals surface area contributed by atoms with Gasteiger partial charge in [-0.05, 0) is 18.9 Å². The van der Waals surface area contributed by atoms with Gasteiger partial charge in [0, 0.05) is 23.4 Å². The summed E-state index contributed by atoms with van der Waals surface area (Å²) >= 11 is 1.43. The van der Waals surface area contributed by atoms with Crippen LogP contribution in [0.3, 0.4) is 0 Å². The van der Waals surface area contributed by atoms with Gasteiger partial charge in [-0.2, -0.15) is 0 Å². The van der Waals surface area contributed by atoms with Crippen LogP contribution in [-0.2, 0) is 11.2 Å². The summed E-state index contributed by atoms with van der Waals surface area (Å²) in [6.45, 7) is 3.94. The van der Waals surface area contributed by atoms with Crippen LogP contribution in [0.25, 0.3) is 11.3 Å². The molecule has 20 heavy (non-hydrogen) atoms. The van der Waals surface area contributed by atoms with Gasteiger partial charge in [0.1, 0.15) is 0 Å². The number of anilines is 1. The highest BCUT2D eigenvalue weighted by Crippen LogP contribution is 2.25. The molecular formula is C15H19N3OS. The van der Waals surface area contributed by atoms with Crippen LogP contribution in [-0.4, -0.2) is 16.9 Å². The Kier molecular flexibility index (Phi) is 4.87. The van der Waals surface area contributed by atoms with E-state index >= 15 is 0 Å². The van der Waals surface area contributed by atoms with Crippen molar-refractivity contribution in [3.05, 3.63) is 35.2 Å². The SMILES string of the molecule is CCc1ccc(-c2csc(NC(=O)CC(C)N)n2)cc1. The number of nitrogens with one attached hydrogen (secondary N) is 1. The topological polar surface area (TPSA) is 68.0 Å². The van der Waals surface area contributed by atoms with E-state index in [1.54, 1.807) is 0 Å². The molecule has 1 aromatic carbocycles. The van der Waals surface area contributed by atoms with Crippen LogP contribution in [0.5, 0.6) is 0 Å². The monoisotopic (exact) mass is 289 g/mol. The number of hydrogen-bond donors (Lipinski definition) is 2. The van der Waals surface area contributed by atoms with Gasteiger partial charge in [0.2, 0.25) is 5.91 Å². The highest BCUT2D eigenvalue weighted by atomic mass is 32.1. The van der Waals surface area contributed by atoms with E-state index < -0.39 is 0 Å². The van der Waals surface area contributed by atoms with Crippen LogP contribution in [0, 0.1) is 0 Å². The Labute approximate surface area is 123 Å². The largest absolute Gasteiger partial charge is 0.327 e. The number of nitrogens with zero attached hydrogens (tertiary/aromatic N) is 1. The Morgan fingerprint density at radius 3 is 2.70 bits per heavy atom. The van der Waals surface area contributed by atoms with Crippen molar-refractivity contribution in [2.75, 3.05) is 5.32 Å². The molecule has 0 saturated heterocycles. The third-order valence-electron chi connectivity index (χ3n) is 2.92. The Morgan fingerprint density at radius 1 is 1.40 bits per heavy atom. The second-order valence-electron chi connectivity index (χ2n) is 4.82. The van der Waals surface area contributed by atoms with Crippen molar-refractivity contribution in [1.82, 2.24) is 4.98 Å². The number of hydrogen-bond acceptors (Lipinski definition) is 4. The van der Waals surface area contributed by atoms with E-state index in [4.69, 9.17) is 5.73 Å². The molecule has 1 amide bonds. The first-order valence-electron chi connectivity index (χ1n) is 6.68. The zero-order chi connectivity index (χ0) is 14.5. The number of aromatic nitrogens is 1. The van der Waals surface area contributed by atoms with Crippen molar-refractivity contribution in [3.63, 3.8) is 0 Å². The highest BCUT2D eigenvalue weighted by molar-refractivity contribution is 7.14. The maximum absolute atomic E-state index is 11.6. The lowest BCUT2D eigenvalue weighted by molar-refractivity contribution is -0.116. The fourth-order valence-corrected chi connectivity index (χ4v) is 2.57. The summed E-state index contributed by atoms with van der Waals surface area (Å²) in [5, 5.41) is 5.34. The molecule has 1 heterocycles. The highest BCUT2D eigenvalue weighted by Gasteiger charge is 2.09. The van der Waals surface area contributed by atoms with E-state index in [1.165, 1.54) is 16.9 Å². The van der Waals surface area contributed by atoms with Gasteiger partial charge in [0.25, 0.3) is 0 Å². The van der Waals surface area contributed by atoms with E-state index in [0.717, 1.165) is 17.7 Å². The van der Waals surface area contributed by atoms with Crippen molar-refractivity contribution in [3.8, 4) is 11.3 Å². The van der Waals surface area contributed by atoms with Crippen LogP contribution >= 0.6 is 11.3 Å². The average molecular weight is 289 g/mol. The van der Waals surface area contributed by atoms with Gasteiger partial charge in [-0.1, -0.05) is 31.2 Å².